The molecule has 1 aromatic carbocycles. The van der Waals surface area contributed by atoms with E-state index in [2.05, 4.69) is 4.72 Å². The summed E-state index contributed by atoms with van der Waals surface area (Å²) in [5.41, 5.74) is 0.409. The number of hydrogen-bond donors (Lipinski definition) is 2. The highest BCUT2D eigenvalue weighted by Gasteiger charge is 2.12. The van der Waals surface area contributed by atoms with Crippen LogP contribution in [-0.4, -0.2) is 31.9 Å². The monoisotopic (exact) mass is 315 g/mol. The quantitative estimate of drug-likeness (QED) is 0.729. The smallest absolute Gasteiger partial charge is 0.303 e. The molecule has 0 saturated carbocycles. The second kappa shape index (κ2) is 7.87. The summed E-state index contributed by atoms with van der Waals surface area (Å²) in [7, 11) is -3.55. The van der Waals surface area contributed by atoms with E-state index in [9.17, 15) is 13.2 Å². The normalized spacial score (nSPS) is 11.4. The van der Waals surface area contributed by atoms with Crippen molar-refractivity contribution in [3.8, 4) is 5.75 Å². The standard InChI is InChI=1S/C14H21NO5S/c1-11(2)10-20-13-6-3-5-12(9-13)15-21(18,19)8-4-7-14(16)17/h3,5-6,9,11,15H,4,7-8,10H2,1-2H3,(H,16,17). The molecule has 2 N–H and O–H groups in total. The van der Waals surface area contributed by atoms with Gasteiger partial charge in [-0.25, -0.2) is 8.42 Å². The third kappa shape index (κ3) is 7.55. The molecule has 0 amide bonds. The average Bonchev–Trinajstić information content (AvgIpc) is 2.35. The van der Waals surface area contributed by atoms with Crippen molar-refractivity contribution >= 4 is 21.7 Å². The number of sulfonamides is 1. The fourth-order valence-corrected chi connectivity index (χ4v) is 2.67. The van der Waals surface area contributed by atoms with Crippen molar-refractivity contribution in [2.45, 2.75) is 26.7 Å². The lowest BCUT2D eigenvalue weighted by atomic mass is 10.2. The van der Waals surface area contributed by atoms with Gasteiger partial charge in [-0.1, -0.05) is 19.9 Å². The largest absolute Gasteiger partial charge is 0.493 e. The van der Waals surface area contributed by atoms with Crippen molar-refractivity contribution < 1.29 is 23.1 Å². The molecular formula is C14H21NO5S. The van der Waals surface area contributed by atoms with Gasteiger partial charge < -0.3 is 9.84 Å². The highest BCUT2D eigenvalue weighted by atomic mass is 32.2. The van der Waals surface area contributed by atoms with Crippen LogP contribution < -0.4 is 9.46 Å². The first-order valence-electron chi connectivity index (χ1n) is 6.73. The van der Waals surface area contributed by atoms with E-state index in [1.807, 2.05) is 13.8 Å². The van der Waals surface area contributed by atoms with Gasteiger partial charge in [0.15, 0.2) is 0 Å². The lowest BCUT2D eigenvalue weighted by Gasteiger charge is -2.11. The maximum absolute atomic E-state index is 11.8. The van der Waals surface area contributed by atoms with Gasteiger partial charge in [-0.05, 0) is 24.5 Å². The maximum Gasteiger partial charge on any atom is 0.303 e. The van der Waals surface area contributed by atoms with Gasteiger partial charge in [-0.15, -0.1) is 0 Å². The number of rotatable bonds is 9. The van der Waals surface area contributed by atoms with Gasteiger partial charge in [0.05, 0.1) is 18.0 Å². The van der Waals surface area contributed by atoms with Crippen LogP contribution in [0.4, 0.5) is 5.69 Å². The fourth-order valence-electron chi connectivity index (χ4n) is 1.56. The van der Waals surface area contributed by atoms with Crippen LogP contribution >= 0.6 is 0 Å². The Balaban J connectivity index is 2.60. The van der Waals surface area contributed by atoms with Crippen molar-refractivity contribution in [3.05, 3.63) is 24.3 Å². The summed E-state index contributed by atoms with van der Waals surface area (Å²) in [6.07, 6.45) is -0.0906. The molecule has 0 aliphatic rings. The molecule has 0 atom stereocenters. The number of nitrogens with one attached hydrogen (secondary N) is 1. The molecule has 1 rings (SSSR count). The van der Waals surface area contributed by atoms with E-state index >= 15 is 0 Å². The number of ether oxygens (including phenoxy) is 1. The molecule has 0 aliphatic heterocycles. The number of aliphatic carboxylic acids is 1. The summed E-state index contributed by atoms with van der Waals surface area (Å²) >= 11 is 0. The lowest BCUT2D eigenvalue weighted by Crippen LogP contribution is -2.17. The first-order valence-corrected chi connectivity index (χ1v) is 8.39. The van der Waals surface area contributed by atoms with Crippen LogP contribution in [0.25, 0.3) is 0 Å². The molecule has 0 radical (unpaired) electrons. The molecule has 21 heavy (non-hydrogen) atoms. The Morgan fingerprint density at radius 2 is 2.10 bits per heavy atom. The Labute approximate surface area is 125 Å². The molecule has 0 spiro atoms. The van der Waals surface area contributed by atoms with Crippen molar-refractivity contribution in [1.29, 1.82) is 0 Å². The highest BCUT2D eigenvalue weighted by molar-refractivity contribution is 7.92. The fraction of sp³-hybridized carbons (Fsp3) is 0.500. The van der Waals surface area contributed by atoms with Crippen LogP contribution in [-0.2, 0) is 14.8 Å². The van der Waals surface area contributed by atoms with E-state index in [4.69, 9.17) is 9.84 Å². The molecule has 0 bridgehead atoms. The Kier molecular flexibility index (Phi) is 6.48. The van der Waals surface area contributed by atoms with E-state index in [1.165, 1.54) is 0 Å². The molecule has 118 valence electrons. The number of hydrogen-bond acceptors (Lipinski definition) is 4. The molecule has 1 aromatic rings. The molecule has 0 aromatic heterocycles. The first kappa shape index (κ1) is 17.3. The minimum absolute atomic E-state index is 0.0776. The molecule has 0 fully saturated rings. The number of carboxylic acid groups (broad SMARTS) is 1. The zero-order valence-corrected chi connectivity index (χ0v) is 13.0. The van der Waals surface area contributed by atoms with Crippen LogP contribution in [0.2, 0.25) is 0 Å². The molecule has 0 heterocycles. The summed E-state index contributed by atoms with van der Waals surface area (Å²) in [6.45, 7) is 4.60. The summed E-state index contributed by atoms with van der Waals surface area (Å²) in [6, 6.07) is 6.68. The van der Waals surface area contributed by atoms with Crippen molar-refractivity contribution in [3.63, 3.8) is 0 Å². The van der Waals surface area contributed by atoms with Gasteiger partial charge in [0, 0.05) is 12.5 Å². The van der Waals surface area contributed by atoms with Crippen LogP contribution in [0.5, 0.6) is 5.75 Å². The Morgan fingerprint density at radius 1 is 1.38 bits per heavy atom. The van der Waals surface area contributed by atoms with E-state index in [0.717, 1.165) is 0 Å². The minimum Gasteiger partial charge on any atom is -0.493 e. The van der Waals surface area contributed by atoms with Gasteiger partial charge in [0.1, 0.15) is 5.75 Å². The highest BCUT2D eigenvalue weighted by Crippen LogP contribution is 2.19. The number of anilines is 1. The second-order valence-electron chi connectivity index (χ2n) is 5.15. The van der Waals surface area contributed by atoms with Crippen molar-refractivity contribution in [2.24, 2.45) is 5.92 Å². The van der Waals surface area contributed by atoms with Gasteiger partial charge in [-0.3, -0.25) is 9.52 Å². The Bertz CT molecular complexity index is 568. The van der Waals surface area contributed by atoms with Crippen LogP contribution in [0, 0.1) is 5.92 Å². The van der Waals surface area contributed by atoms with E-state index in [1.54, 1.807) is 24.3 Å². The molecule has 7 heteroatoms. The Morgan fingerprint density at radius 3 is 2.71 bits per heavy atom. The van der Waals surface area contributed by atoms with Crippen LogP contribution in [0.3, 0.4) is 0 Å². The van der Waals surface area contributed by atoms with Gasteiger partial charge >= 0.3 is 5.97 Å². The van der Waals surface area contributed by atoms with Gasteiger partial charge in [0.2, 0.25) is 10.0 Å². The van der Waals surface area contributed by atoms with Gasteiger partial charge in [-0.2, -0.15) is 0 Å². The molecule has 0 unspecified atom stereocenters. The minimum atomic E-state index is -3.55. The summed E-state index contributed by atoms with van der Waals surface area (Å²) in [4.78, 5) is 10.4. The van der Waals surface area contributed by atoms with Crippen molar-refractivity contribution in [2.75, 3.05) is 17.1 Å². The predicted molar refractivity (Wildman–Crippen MR) is 81.1 cm³/mol. The third-order valence-corrected chi connectivity index (χ3v) is 3.87. The number of carboxylic acids is 1. The maximum atomic E-state index is 11.8. The second-order valence-corrected chi connectivity index (χ2v) is 6.99. The van der Waals surface area contributed by atoms with E-state index in [0.29, 0.717) is 24.0 Å². The zero-order valence-electron chi connectivity index (χ0n) is 12.2. The van der Waals surface area contributed by atoms with Crippen LogP contribution in [0.15, 0.2) is 24.3 Å². The first-order chi connectivity index (χ1) is 9.78. The topological polar surface area (TPSA) is 92.7 Å². The van der Waals surface area contributed by atoms with E-state index in [-0.39, 0.29) is 18.6 Å². The molecular weight excluding hydrogens is 294 g/mol. The van der Waals surface area contributed by atoms with E-state index < -0.39 is 16.0 Å². The zero-order chi connectivity index (χ0) is 15.9. The third-order valence-electron chi connectivity index (χ3n) is 2.49. The molecule has 6 nitrogen and oxygen atoms in total. The summed E-state index contributed by atoms with van der Waals surface area (Å²) < 4.78 is 31.6. The summed E-state index contributed by atoms with van der Waals surface area (Å²) in [5, 5.41) is 8.51. The SMILES string of the molecule is CC(C)COc1cccc(NS(=O)(=O)CCCC(=O)O)c1. The number of carbonyl (C=O) groups is 1. The van der Waals surface area contributed by atoms with Gasteiger partial charge in [0.25, 0.3) is 0 Å². The molecule has 0 saturated heterocycles. The molecule has 0 aliphatic carbocycles. The lowest BCUT2D eigenvalue weighted by molar-refractivity contribution is -0.137. The summed E-state index contributed by atoms with van der Waals surface area (Å²) in [5.74, 6) is -0.263. The van der Waals surface area contributed by atoms with Crippen molar-refractivity contribution in [1.82, 2.24) is 0 Å². The van der Waals surface area contributed by atoms with Crippen LogP contribution in [0.1, 0.15) is 26.7 Å². The number of benzene rings is 1. The predicted octanol–water partition coefficient (Wildman–Crippen LogP) is 2.33. The average molecular weight is 315 g/mol. The Hall–Kier alpha value is -1.76.